The summed E-state index contributed by atoms with van der Waals surface area (Å²) in [4.78, 5) is 30.6. The Morgan fingerprint density at radius 1 is 0.597 bits per heavy atom. The van der Waals surface area contributed by atoms with Crippen molar-refractivity contribution in [2.24, 2.45) is 0 Å². The monoisotopic (exact) mass is 953 g/mol. The number of anilines is 2. The van der Waals surface area contributed by atoms with Gasteiger partial charge >= 0.3 is 24.9 Å². The zero-order valence-electron chi connectivity index (χ0n) is 36.4. The molecule has 0 atom stereocenters. The molecule has 356 valence electrons. The van der Waals surface area contributed by atoms with E-state index in [9.17, 15) is 35.9 Å². The van der Waals surface area contributed by atoms with E-state index in [-0.39, 0.29) is 65.6 Å². The van der Waals surface area contributed by atoms with Gasteiger partial charge in [-0.3, -0.25) is 9.80 Å². The summed E-state index contributed by atoms with van der Waals surface area (Å²) in [6.07, 6.45) is 4.03. The standard InChI is InChI=1S/C23H24F3N5O2.C19H16ClF3N4O2.C5H10/c24-19-14-16(21-28-29-22(33-21)20(25)26)8-9-17(19)15-31(18-6-2-1-3-7-18)23(32)27-10-13-30-11-4-5-12-30;20-8-9-24-19(28)27(14-4-2-1-3-5-14)11-13-7-6-12(10-15(13)21)17-25-26-18(29-17)16(22)23;1-2-4-5-3-1/h1-3,6-9,14,20H,4-5,10-13,15H2,(H,27,32);1-7,10,16H,8-9,11H2,(H,24,28);1-5H2. The highest BCUT2D eigenvalue weighted by molar-refractivity contribution is 6.18. The number of alkyl halides is 5. The Morgan fingerprint density at radius 3 is 1.39 bits per heavy atom. The Balaban J connectivity index is 0.000000201. The fraction of sp³-hybridized carbons (Fsp3) is 0.362. The summed E-state index contributed by atoms with van der Waals surface area (Å²) in [5.41, 5.74) is 2.00. The molecule has 1 aliphatic heterocycles. The van der Waals surface area contributed by atoms with Crippen molar-refractivity contribution in [1.29, 1.82) is 0 Å². The lowest BCUT2D eigenvalue weighted by atomic mass is 10.1. The predicted octanol–water partition coefficient (Wildman–Crippen LogP) is 11.3. The minimum atomic E-state index is -2.91. The number of rotatable bonds is 15. The third-order valence-corrected chi connectivity index (χ3v) is 10.9. The zero-order valence-corrected chi connectivity index (χ0v) is 37.2. The second-order valence-electron chi connectivity index (χ2n) is 15.4. The molecule has 4 amide bonds. The highest BCUT2D eigenvalue weighted by Gasteiger charge is 2.23. The van der Waals surface area contributed by atoms with E-state index in [0.29, 0.717) is 17.9 Å². The van der Waals surface area contributed by atoms with E-state index in [1.165, 1.54) is 79.0 Å². The average molecular weight is 954 g/mol. The largest absolute Gasteiger partial charge is 0.415 e. The number of hydrogen-bond acceptors (Lipinski definition) is 9. The van der Waals surface area contributed by atoms with Crippen LogP contribution in [0.1, 0.15) is 80.7 Å². The molecule has 3 heterocycles. The van der Waals surface area contributed by atoms with Gasteiger partial charge in [0.25, 0.3) is 11.8 Å². The molecule has 2 fully saturated rings. The molecular formula is C47H50ClF6N9O4. The SMILES string of the molecule is C1CCCC1.O=C(NCCCl)N(Cc1ccc(-c2nnc(C(F)F)o2)cc1F)c1ccccc1.O=C(NCCN1CCCC1)N(Cc1ccc(-c2nnc(C(F)F)o2)cc1F)c1ccccc1. The number of carbonyl (C=O) groups excluding carboxylic acids is 2. The van der Waals surface area contributed by atoms with Crippen molar-refractivity contribution in [1.82, 2.24) is 35.9 Å². The first-order valence-electron chi connectivity index (χ1n) is 21.8. The summed E-state index contributed by atoms with van der Waals surface area (Å²) in [5.74, 6) is -3.10. The van der Waals surface area contributed by atoms with Crippen molar-refractivity contribution in [2.75, 3.05) is 48.4 Å². The van der Waals surface area contributed by atoms with E-state index >= 15 is 0 Å². The Bertz CT molecular complexity index is 2450. The molecule has 2 aliphatic rings. The van der Waals surface area contributed by atoms with Gasteiger partial charge in [-0.1, -0.05) is 80.6 Å². The summed E-state index contributed by atoms with van der Waals surface area (Å²) in [6.45, 7) is 3.52. The van der Waals surface area contributed by atoms with Crippen LogP contribution in [0.2, 0.25) is 0 Å². The molecule has 8 rings (SSSR count). The van der Waals surface area contributed by atoms with Gasteiger partial charge in [-0.05, 0) is 74.5 Å². The summed E-state index contributed by atoms with van der Waals surface area (Å²) in [6, 6.07) is 25.1. The van der Waals surface area contributed by atoms with Crippen molar-refractivity contribution in [3.63, 3.8) is 0 Å². The van der Waals surface area contributed by atoms with Crippen LogP contribution in [0, 0.1) is 11.6 Å². The number of carbonyl (C=O) groups is 2. The van der Waals surface area contributed by atoms with E-state index in [1.54, 1.807) is 54.6 Å². The van der Waals surface area contributed by atoms with Crippen LogP contribution in [0.3, 0.4) is 0 Å². The Morgan fingerprint density at radius 2 is 1.01 bits per heavy atom. The van der Waals surface area contributed by atoms with Gasteiger partial charge in [0, 0.05) is 59.1 Å². The van der Waals surface area contributed by atoms with E-state index in [1.807, 2.05) is 6.07 Å². The normalized spacial score (nSPS) is 13.4. The summed E-state index contributed by atoms with van der Waals surface area (Å²) in [7, 11) is 0. The van der Waals surface area contributed by atoms with E-state index < -0.39 is 42.3 Å². The van der Waals surface area contributed by atoms with Crippen LogP contribution in [-0.4, -0.2) is 76.0 Å². The highest BCUT2D eigenvalue weighted by Crippen LogP contribution is 2.28. The number of halogens is 7. The molecule has 1 aliphatic carbocycles. The van der Waals surface area contributed by atoms with Gasteiger partial charge in [-0.25, -0.2) is 18.4 Å². The first-order valence-corrected chi connectivity index (χ1v) is 22.3. The molecule has 2 aromatic heterocycles. The number of hydrogen-bond donors (Lipinski definition) is 2. The molecule has 67 heavy (non-hydrogen) atoms. The maximum atomic E-state index is 14.9. The molecule has 1 saturated carbocycles. The third kappa shape index (κ3) is 14.8. The van der Waals surface area contributed by atoms with Gasteiger partial charge < -0.3 is 24.4 Å². The molecule has 2 N–H and O–H groups in total. The minimum Gasteiger partial charge on any atom is -0.415 e. The molecule has 4 aromatic carbocycles. The van der Waals surface area contributed by atoms with Crippen LogP contribution in [0.25, 0.3) is 22.9 Å². The predicted molar refractivity (Wildman–Crippen MR) is 241 cm³/mol. The fourth-order valence-electron chi connectivity index (χ4n) is 7.17. The van der Waals surface area contributed by atoms with Crippen molar-refractivity contribution >= 4 is 35.0 Å². The summed E-state index contributed by atoms with van der Waals surface area (Å²) in [5, 5.41) is 19.1. The molecule has 20 heteroatoms. The zero-order chi connectivity index (χ0) is 47.5. The quantitative estimate of drug-likeness (QED) is 0.0759. The molecule has 0 radical (unpaired) electrons. The summed E-state index contributed by atoms with van der Waals surface area (Å²) < 4.78 is 89.8. The number of amides is 4. The van der Waals surface area contributed by atoms with E-state index in [2.05, 4.69) is 35.9 Å². The minimum absolute atomic E-state index is 0.0161. The number of urea groups is 2. The lowest BCUT2D eigenvalue weighted by molar-refractivity contribution is 0.115. The van der Waals surface area contributed by atoms with Gasteiger partial charge in [-0.15, -0.1) is 32.0 Å². The van der Waals surface area contributed by atoms with E-state index in [0.717, 1.165) is 31.8 Å². The van der Waals surface area contributed by atoms with Crippen LogP contribution < -0.4 is 20.4 Å². The Labute approximate surface area is 388 Å². The molecular weight excluding hydrogens is 904 g/mol. The third-order valence-electron chi connectivity index (χ3n) is 10.7. The lowest BCUT2D eigenvalue weighted by Crippen LogP contribution is -2.42. The number of aromatic nitrogens is 4. The lowest BCUT2D eigenvalue weighted by Gasteiger charge is -2.24. The van der Waals surface area contributed by atoms with Gasteiger partial charge in [0.15, 0.2) is 0 Å². The molecule has 0 spiro atoms. The number of likely N-dealkylation sites (tertiary alicyclic amines) is 1. The van der Waals surface area contributed by atoms with Gasteiger partial charge in [0.05, 0.1) is 13.1 Å². The van der Waals surface area contributed by atoms with Crippen molar-refractivity contribution in [2.45, 2.75) is 70.9 Å². The molecule has 6 aromatic rings. The van der Waals surface area contributed by atoms with E-state index in [4.69, 9.17) is 20.4 Å². The first-order chi connectivity index (χ1) is 32.5. The van der Waals surface area contributed by atoms with Crippen LogP contribution in [0.4, 0.5) is 47.3 Å². The highest BCUT2D eigenvalue weighted by atomic mass is 35.5. The van der Waals surface area contributed by atoms with Crippen LogP contribution in [-0.2, 0) is 13.1 Å². The smallest absolute Gasteiger partial charge is 0.322 e. The number of nitrogens with zero attached hydrogens (tertiary/aromatic N) is 7. The van der Waals surface area contributed by atoms with Crippen LogP contribution in [0.15, 0.2) is 106 Å². The van der Waals surface area contributed by atoms with Crippen molar-refractivity contribution < 1.29 is 44.8 Å². The Kier molecular flexibility index (Phi) is 19.0. The molecule has 0 bridgehead atoms. The van der Waals surface area contributed by atoms with Gasteiger partial charge in [0.2, 0.25) is 11.8 Å². The van der Waals surface area contributed by atoms with Crippen molar-refractivity contribution in [3.05, 3.63) is 132 Å². The Hall–Kier alpha value is -6.47. The molecule has 1 saturated heterocycles. The van der Waals surface area contributed by atoms with Crippen LogP contribution >= 0.6 is 11.6 Å². The first kappa shape index (κ1) is 50.0. The fourth-order valence-corrected chi connectivity index (χ4v) is 7.26. The van der Waals surface area contributed by atoms with Gasteiger partial charge in [0.1, 0.15) is 11.6 Å². The maximum absolute atomic E-state index is 14.9. The summed E-state index contributed by atoms with van der Waals surface area (Å²) >= 11 is 5.62. The number of para-hydroxylation sites is 2. The van der Waals surface area contributed by atoms with Gasteiger partial charge in [-0.2, -0.15) is 17.6 Å². The van der Waals surface area contributed by atoms with Crippen LogP contribution in [0.5, 0.6) is 0 Å². The van der Waals surface area contributed by atoms with Crippen molar-refractivity contribution in [3.8, 4) is 22.9 Å². The molecule has 13 nitrogen and oxygen atoms in total. The molecule has 0 unspecified atom stereocenters. The second-order valence-corrected chi connectivity index (χ2v) is 15.8. The maximum Gasteiger partial charge on any atom is 0.322 e. The average Bonchev–Trinajstić information content (AvgIpc) is 4.20. The number of nitrogens with one attached hydrogen (secondary N) is 2. The second kappa shape index (κ2) is 25.4. The topological polar surface area (TPSA) is 146 Å². The number of benzene rings is 4.